The molecule has 0 aliphatic rings. The third-order valence-corrected chi connectivity index (χ3v) is 4.36. The minimum Gasteiger partial charge on any atom is -0.332 e. The number of thiazole rings is 1. The molecule has 0 saturated carbocycles. The molecule has 3 aromatic rings. The summed E-state index contributed by atoms with van der Waals surface area (Å²) in [6, 6.07) is 15.2. The number of anilines is 3. The van der Waals surface area contributed by atoms with E-state index in [1.165, 1.54) is 11.3 Å². The van der Waals surface area contributed by atoms with Crippen LogP contribution < -0.4 is 10.6 Å². The van der Waals surface area contributed by atoms with Crippen LogP contribution in [0.2, 0.25) is 5.02 Å². The largest absolute Gasteiger partial charge is 0.332 e. The van der Waals surface area contributed by atoms with Crippen molar-refractivity contribution in [2.45, 2.75) is 13.3 Å². The van der Waals surface area contributed by atoms with E-state index in [1.807, 2.05) is 60.8 Å². The van der Waals surface area contributed by atoms with Crippen molar-refractivity contribution in [3.05, 3.63) is 58.9 Å². The number of carbonyl (C=O) groups excluding carboxylic acids is 1. The van der Waals surface area contributed by atoms with Gasteiger partial charge in [0.15, 0.2) is 5.13 Å². The molecule has 1 heterocycles. The van der Waals surface area contributed by atoms with E-state index in [0.717, 1.165) is 27.8 Å². The van der Waals surface area contributed by atoms with Gasteiger partial charge in [0, 0.05) is 33.8 Å². The number of amides is 1. The van der Waals surface area contributed by atoms with Crippen LogP contribution in [0.1, 0.15) is 13.3 Å². The van der Waals surface area contributed by atoms with Crippen LogP contribution in [0, 0.1) is 0 Å². The van der Waals surface area contributed by atoms with Crippen LogP contribution in [0.5, 0.6) is 0 Å². The molecule has 2 N–H and O–H groups in total. The monoisotopic (exact) mass is 357 g/mol. The van der Waals surface area contributed by atoms with Gasteiger partial charge in [-0.25, -0.2) is 4.98 Å². The molecule has 0 fully saturated rings. The van der Waals surface area contributed by atoms with E-state index in [1.54, 1.807) is 0 Å². The van der Waals surface area contributed by atoms with Crippen molar-refractivity contribution in [3.63, 3.8) is 0 Å². The van der Waals surface area contributed by atoms with Crippen molar-refractivity contribution in [1.29, 1.82) is 0 Å². The van der Waals surface area contributed by atoms with Crippen LogP contribution in [-0.4, -0.2) is 10.9 Å². The van der Waals surface area contributed by atoms with Crippen LogP contribution in [0.15, 0.2) is 53.9 Å². The molecular weight excluding hydrogens is 342 g/mol. The molecule has 3 rings (SSSR count). The summed E-state index contributed by atoms with van der Waals surface area (Å²) >= 11 is 7.55. The van der Waals surface area contributed by atoms with Crippen LogP contribution in [-0.2, 0) is 4.79 Å². The molecule has 0 bridgehead atoms. The Labute approximate surface area is 149 Å². The fourth-order valence-electron chi connectivity index (χ4n) is 2.12. The Morgan fingerprint density at radius 3 is 2.62 bits per heavy atom. The molecule has 0 saturated heterocycles. The van der Waals surface area contributed by atoms with Gasteiger partial charge >= 0.3 is 0 Å². The summed E-state index contributed by atoms with van der Waals surface area (Å²) in [5, 5.41) is 9.57. The standard InChI is InChI=1S/C18H16ClN3OS/c1-2-17(23)20-14-6-8-15(9-7-14)21-18-22-16(11-24-18)12-4-3-5-13(19)10-12/h3-11H,2H2,1H3,(H,20,23)(H,21,22). The maximum absolute atomic E-state index is 11.4. The summed E-state index contributed by atoms with van der Waals surface area (Å²) in [5.41, 5.74) is 3.57. The quantitative estimate of drug-likeness (QED) is 0.628. The van der Waals surface area contributed by atoms with E-state index in [2.05, 4.69) is 15.6 Å². The normalized spacial score (nSPS) is 10.4. The summed E-state index contributed by atoms with van der Waals surface area (Å²) in [6.07, 6.45) is 0.464. The second kappa shape index (κ2) is 7.47. The zero-order valence-corrected chi connectivity index (χ0v) is 14.6. The number of benzene rings is 2. The molecule has 0 atom stereocenters. The second-order valence-corrected chi connectivity index (χ2v) is 6.45. The van der Waals surface area contributed by atoms with Gasteiger partial charge in [0.05, 0.1) is 5.69 Å². The lowest BCUT2D eigenvalue weighted by atomic mass is 10.2. The van der Waals surface area contributed by atoms with Crippen molar-refractivity contribution >= 4 is 45.4 Å². The zero-order chi connectivity index (χ0) is 16.9. The summed E-state index contributed by atoms with van der Waals surface area (Å²) in [6.45, 7) is 1.82. The van der Waals surface area contributed by atoms with Gasteiger partial charge in [0.1, 0.15) is 0 Å². The van der Waals surface area contributed by atoms with Gasteiger partial charge in [0.25, 0.3) is 0 Å². The summed E-state index contributed by atoms with van der Waals surface area (Å²) in [4.78, 5) is 16.0. The highest BCUT2D eigenvalue weighted by Gasteiger charge is 2.06. The highest BCUT2D eigenvalue weighted by atomic mass is 35.5. The van der Waals surface area contributed by atoms with E-state index in [-0.39, 0.29) is 5.91 Å². The first-order chi connectivity index (χ1) is 11.6. The Morgan fingerprint density at radius 1 is 1.17 bits per heavy atom. The number of aromatic nitrogens is 1. The Bertz CT molecular complexity index is 845. The molecular formula is C18H16ClN3OS. The van der Waals surface area contributed by atoms with Crippen LogP contribution in [0.25, 0.3) is 11.3 Å². The first kappa shape index (κ1) is 16.5. The molecule has 0 aliphatic heterocycles. The zero-order valence-electron chi connectivity index (χ0n) is 13.0. The minimum atomic E-state index is 0.00166. The predicted octanol–water partition coefficient (Wildman–Crippen LogP) is 5.56. The van der Waals surface area contributed by atoms with Crippen molar-refractivity contribution in [2.24, 2.45) is 0 Å². The fraction of sp³-hybridized carbons (Fsp3) is 0.111. The predicted molar refractivity (Wildman–Crippen MR) is 101 cm³/mol. The lowest BCUT2D eigenvalue weighted by molar-refractivity contribution is -0.115. The Hall–Kier alpha value is -2.37. The number of nitrogens with zero attached hydrogens (tertiary/aromatic N) is 1. The molecule has 0 unspecified atom stereocenters. The van der Waals surface area contributed by atoms with Gasteiger partial charge in [-0.05, 0) is 36.4 Å². The number of hydrogen-bond acceptors (Lipinski definition) is 4. The van der Waals surface area contributed by atoms with Crippen molar-refractivity contribution in [2.75, 3.05) is 10.6 Å². The number of nitrogens with one attached hydrogen (secondary N) is 2. The molecule has 24 heavy (non-hydrogen) atoms. The molecule has 0 spiro atoms. The molecule has 1 amide bonds. The fourth-order valence-corrected chi connectivity index (χ4v) is 3.05. The Balaban J connectivity index is 1.69. The van der Waals surface area contributed by atoms with E-state index in [0.29, 0.717) is 11.4 Å². The van der Waals surface area contributed by atoms with Gasteiger partial charge in [-0.1, -0.05) is 30.7 Å². The molecule has 1 aromatic heterocycles. The van der Waals surface area contributed by atoms with Crippen molar-refractivity contribution in [3.8, 4) is 11.3 Å². The smallest absolute Gasteiger partial charge is 0.224 e. The average Bonchev–Trinajstić information content (AvgIpc) is 3.05. The van der Waals surface area contributed by atoms with Crippen LogP contribution >= 0.6 is 22.9 Å². The highest BCUT2D eigenvalue weighted by Crippen LogP contribution is 2.28. The Kier molecular flexibility index (Phi) is 5.13. The Morgan fingerprint density at radius 2 is 1.92 bits per heavy atom. The van der Waals surface area contributed by atoms with Crippen LogP contribution in [0.3, 0.4) is 0 Å². The lowest BCUT2D eigenvalue weighted by Crippen LogP contribution is -2.09. The summed E-state index contributed by atoms with van der Waals surface area (Å²) in [7, 11) is 0. The molecule has 6 heteroatoms. The topological polar surface area (TPSA) is 54.0 Å². The van der Waals surface area contributed by atoms with Crippen molar-refractivity contribution in [1.82, 2.24) is 4.98 Å². The number of rotatable bonds is 5. The number of hydrogen-bond donors (Lipinski definition) is 2. The van der Waals surface area contributed by atoms with Crippen LogP contribution in [0.4, 0.5) is 16.5 Å². The van der Waals surface area contributed by atoms with Gasteiger partial charge in [-0.15, -0.1) is 11.3 Å². The summed E-state index contributed by atoms with van der Waals surface area (Å²) in [5.74, 6) is 0.00166. The molecule has 0 aliphatic carbocycles. The van der Waals surface area contributed by atoms with Gasteiger partial charge in [-0.2, -0.15) is 0 Å². The van der Waals surface area contributed by atoms with E-state index in [9.17, 15) is 4.79 Å². The summed E-state index contributed by atoms with van der Waals surface area (Å²) < 4.78 is 0. The number of carbonyl (C=O) groups is 1. The second-order valence-electron chi connectivity index (χ2n) is 5.15. The minimum absolute atomic E-state index is 0.00166. The van der Waals surface area contributed by atoms with E-state index in [4.69, 9.17) is 11.6 Å². The molecule has 0 radical (unpaired) electrons. The third kappa shape index (κ3) is 4.13. The first-order valence-corrected chi connectivity index (χ1v) is 8.78. The third-order valence-electron chi connectivity index (χ3n) is 3.37. The molecule has 2 aromatic carbocycles. The molecule has 122 valence electrons. The molecule has 4 nitrogen and oxygen atoms in total. The maximum Gasteiger partial charge on any atom is 0.224 e. The van der Waals surface area contributed by atoms with Gasteiger partial charge in [-0.3, -0.25) is 4.79 Å². The maximum atomic E-state index is 11.4. The highest BCUT2D eigenvalue weighted by molar-refractivity contribution is 7.14. The average molecular weight is 358 g/mol. The SMILES string of the molecule is CCC(=O)Nc1ccc(Nc2nc(-c3cccc(Cl)c3)cs2)cc1. The van der Waals surface area contributed by atoms with E-state index < -0.39 is 0 Å². The van der Waals surface area contributed by atoms with Crippen molar-refractivity contribution < 1.29 is 4.79 Å². The number of halogens is 1. The van der Waals surface area contributed by atoms with E-state index >= 15 is 0 Å². The van der Waals surface area contributed by atoms with Gasteiger partial charge in [0.2, 0.25) is 5.91 Å². The lowest BCUT2D eigenvalue weighted by Gasteiger charge is -2.06. The van der Waals surface area contributed by atoms with Gasteiger partial charge < -0.3 is 10.6 Å². The first-order valence-electron chi connectivity index (χ1n) is 7.52.